The van der Waals surface area contributed by atoms with Crippen molar-refractivity contribution in [3.8, 4) is 0 Å². The molecule has 0 aliphatic heterocycles. The molecule has 0 unspecified atom stereocenters. The molecule has 0 spiro atoms. The molecular weight excluding hydrogens is 1010 g/mol. The van der Waals surface area contributed by atoms with Crippen molar-refractivity contribution in [1.29, 1.82) is 0 Å². The van der Waals surface area contributed by atoms with Crippen molar-refractivity contribution >= 4 is 71.1 Å². The van der Waals surface area contributed by atoms with Gasteiger partial charge >= 0.3 is 17.9 Å². The monoisotopic (exact) mass is 1080 g/mol. The number of carbonyl (C=O) groups is 12. The minimum absolute atomic E-state index is 0.0625. The van der Waals surface area contributed by atoms with E-state index in [0.717, 1.165) is 0 Å². The molecule has 9 amide bonds. The Balaban J connectivity index is 1.87. The summed E-state index contributed by atoms with van der Waals surface area (Å²) in [5.74, 6) is -14.5. The lowest BCUT2D eigenvalue weighted by atomic mass is 10.0. The van der Waals surface area contributed by atoms with E-state index in [-0.39, 0.29) is 31.6 Å². The van der Waals surface area contributed by atoms with Crippen LogP contribution in [0.4, 0.5) is 0 Å². The second-order valence-corrected chi connectivity index (χ2v) is 18.9. The van der Waals surface area contributed by atoms with E-state index in [4.69, 9.17) is 11.5 Å². The minimum atomic E-state index is -1.89. The van der Waals surface area contributed by atoms with Crippen LogP contribution in [0.1, 0.15) is 83.7 Å². The third kappa shape index (κ3) is 21.9. The quantitative estimate of drug-likeness (QED) is 0.0280. The highest BCUT2D eigenvalue weighted by Crippen LogP contribution is 2.11. The lowest BCUT2D eigenvalue weighted by Gasteiger charge is -2.29. The molecule has 29 nitrogen and oxygen atoms in total. The van der Waals surface area contributed by atoms with Gasteiger partial charge in [0.2, 0.25) is 53.2 Å². The Hall–Kier alpha value is -8.76. The molecule has 0 aliphatic carbocycles. The van der Waals surface area contributed by atoms with E-state index in [2.05, 4.69) is 62.5 Å². The Morgan fingerprint density at radius 1 is 0.532 bits per heavy atom. The van der Waals surface area contributed by atoms with Crippen LogP contribution < -0.4 is 54.0 Å². The number of carboxylic acid groups (broad SMARTS) is 3. The van der Waals surface area contributed by atoms with Crippen LogP contribution in [0.2, 0.25) is 0 Å². The molecule has 1 aromatic carbocycles. The number of hydrogen-bond donors (Lipinski definition) is 15. The summed E-state index contributed by atoms with van der Waals surface area (Å²) >= 11 is 0. The summed E-state index contributed by atoms with van der Waals surface area (Å²) in [4.78, 5) is 171. The lowest BCUT2D eigenvalue weighted by molar-refractivity contribution is -0.142. The van der Waals surface area contributed by atoms with Crippen LogP contribution >= 0.6 is 0 Å². The molecule has 2 heterocycles. The molecule has 0 saturated heterocycles. The summed E-state index contributed by atoms with van der Waals surface area (Å²) < 4.78 is 0. The molecule has 0 aliphatic rings. The summed E-state index contributed by atoms with van der Waals surface area (Å²) in [6, 6.07) is -5.46. The number of H-pyrrole nitrogens is 2. The highest BCUT2D eigenvalue weighted by molar-refractivity contribution is 5.99. The molecule has 17 N–H and O–H groups in total. The van der Waals surface area contributed by atoms with Gasteiger partial charge in [-0.25, -0.2) is 14.8 Å². The number of amides is 9. The van der Waals surface area contributed by atoms with Gasteiger partial charge < -0.3 is 79.3 Å². The van der Waals surface area contributed by atoms with Gasteiger partial charge in [0.05, 0.1) is 31.5 Å². The number of nitrogens with one attached hydrogen (secondary N) is 10. The zero-order valence-electron chi connectivity index (χ0n) is 43.0. The maximum Gasteiger partial charge on any atom is 0.326 e. The Morgan fingerprint density at radius 3 is 1.52 bits per heavy atom. The third-order valence-electron chi connectivity index (χ3n) is 11.5. The van der Waals surface area contributed by atoms with Gasteiger partial charge in [0, 0.05) is 49.5 Å². The predicted molar refractivity (Wildman–Crippen MR) is 269 cm³/mol. The Bertz CT molecular complexity index is 2530. The SMILES string of the molecule is CC(C)C[C@H](N)C(=O)N[C@@H](CC(=O)O)C(=O)N[C@@H](CCC(=O)O)C(=O)N[C@@H](CC(N)=O)C(=O)N[C@H](C(=O)N[C@@H](Cc1cnc[nH]1)C(=O)N[C@@H](Cc1ccccc1)C(=O)N[C@@H](C)C(=O)N[C@@H](Cc1cnc[nH]1)C(=O)O)C(C)C. The fourth-order valence-corrected chi connectivity index (χ4v) is 7.47. The van der Waals surface area contributed by atoms with E-state index in [1.807, 2.05) is 0 Å². The van der Waals surface area contributed by atoms with E-state index in [0.29, 0.717) is 17.0 Å². The topological polar surface area (TPSA) is 471 Å². The molecule has 77 heavy (non-hydrogen) atoms. The lowest BCUT2D eigenvalue weighted by Crippen LogP contribution is -2.61. The van der Waals surface area contributed by atoms with Crippen LogP contribution in [0.5, 0.6) is 0 Å². The molecule has 9 atom stereocenters. The number of primary amides is 1. The van der Waals surface area contributed by atoms with Gasteiger partial charge in [-0.05, 0) is 37.2 Å². The summed E-state index contributed by atoms with van der Waals surface area (Å²) in [5.41, 5.74) is 12.7. The van der Waals surface area contributed by atoms with Crippen LogP contribution in [0, 0.1) is 11.8 Å². The number of rotatable bonds is 33. The average molecular weight is 1080 g/mol. The number of aromatic amines is 2. The molecule has 0 saturated carbocycles. The van der Waals surface area contributed by atoms with Crippen LogP contribution in [0.3, 0.4) is 0 Å². The normalized spacial score (nSPS) is 14.6. The van der Waals surface area contributed by atoms with Gasteiger partial charge in [-0.1, -0.05) is 58.0 Å². The van der Waals surface area contributed by atoms with E-state index < -0.39 is 157 Å². The second-order valence-electron chi connectivity index (χ2n) is 18.9. The molecule has 2 aromatic heterocycles. The highest BCUT2D eigenvalue weighted by Gasteiger charge is 2.37. The maximum absolute atomic E-state index is 14.3. The Morgan fingerprint density at radius 2 is 1.00 bits per heavy atom. The largest absolute Gasteiger partial charge is 0.481 e. The zero-order valence-corrected chi connectivity index (χ0v) is 43.0. The summed E-state index contributed by atoms with van der Waals surface area (Å²) in [7, 11) is 0. The number of imidazole rings is 2. The molecule has 0 fully saturated rings. The number of nitrogens with two attached hydrogens (primary N) is 2. The first kappa shape index (κ1) is 62.5. The summed E-state index contributed by atoms with van der Waals surface area (Å²) in [6.45, 7) is 7.84. The molecule has 420 valence electrons. The number of hydrogen-bond acceptors (Lipinski definition) is 15. The predicted octanol–water partition coefficient (Wildman–Crippen LogP) is -3.61. The van der Waals surface area contributed by atoms with Crippen molar-refractivity contribution < 1.29 is 72.9 Å². The van der Waals surface area contributed by atoms with Crippen LogP contribution in [-0.4, -0.2) is 161 Å². The van der Waals surface area contributed by atoms with Crippen molar-refractivity contribution in [2.45, 2.75) is 140 Å². The zero-order chi connectivity index (χ0) is 57.5. The van der Waals surface area contributed by atoms with Crippen LogP contribution in [-0.2, 0) is 76.8 Å². The third-order valence-corrected chi connectivity index (χ3v) is 11.5. The number of aromatic nitrogens is 4. The van der Waals surface area contributed by atoms with Gasteiger partial charge in [0.15, 0.2) is 0 Å². The van der Waals surface area contributed by atoms with Crippen molar-refractivity contribution in [3.63, 3.8) is 0 Å². The van der Waals surface area contributed by atoms with Gasteiger partial charge in [-0.3, -0.25) is 52.7 Å². The second kappa shape index (κ2) is 30.6. The molecule has 0 bridgehead atoms. The number of benzene rings is 1. The van der Waals surface area contributed by atoms with Gasteiger partial charge in [-0.2, -0.15) is 0 Å². The number of carbonyl (C=O) groups excluding carboxylic acids is 9. The van der Waals surface area contributed by atoms with Crippen LogP contribution in [0.25, 0.3) is 0 Å². The van der Waals surface area contributed by atoms with Gasteiger partial charge in [-0.15, -0.1) is 0 Å². The van der Waals surface area contributed by atoms with Crippen molar-refractivity contribution in [2.24, 2.45) is 23.3 Å². The standard InChI is InChI=1S/C48H68N14O15/c1-23(2)13-29(49)41(69)57-34(18-38(66)67)45(73)56-30(11-12-37(64)65)42(70)59-33(17-36(50)63)46(74)62-39(24(3)4)47(75)60-32(15-27-19-51-21-53-27)44(72)58-31(14-26-9-7-6-8-10-26)43(71)55-25(5)40(68)61-35(48(76)77)16-28-20-52-22-54-28/h6-10,19-25,29-35,39H,11-18,49H2,1-5H3,(H2,50,63)(H,51,53)(H,52,54)(H,55,71)(H,56,73)(H,57,69)(H,58,72)(H,59,70)(H,60,75)(H,61,68)(H,62,74)(H,64,65)(H,66,67)(H,76,77)/t25-,29-,30-,31-,32-,33-,34-,35-,39-/m0/s1. The number of aliphatic carboxylic acids is 3. The molecule has 0 radical (unpaired) electrons. The number of nitrogens with zero attached hydrogens (tertiary/aromatic N) is 2. The molecule has 29 heteroatoms. The Labute approximate surface area is 441 Å². The molecular formula is C48H68N14O15. The van der Waals surface area contributed by atoms with E-state index in [1.54, 1.807) is 44.2 Å². The van der Waals surface area contributed by atoms with Crippen molar-refractivity contribution in [1.82, 2.24) is 62.5 Å². The van der Waals surface area contributed by atoms with Crippen LogP contribution in [0.15, 0.2) is 55.4 Å². The summed E-state index contributed by atoms with van der Waals surface area (Å²) in [6.07, 6.45) is 1.69. The van der Waals surface area contributed by atoms with Crippen molar-refractivity contribution in [3.05, 3.63) is 72.3 Å². The van der Waals surface area contributed by atoms with Gasteiger partial charge in [0.1, 0.15) is 48.3 Å². The van der Waals surface area contributed by atoms with E-state index in [1.165, 1.54) is 45.8 Å². The Kier molecular flexibility index (Phi) is 24.8. The first-order valence-electron chi connectivity index (χ1n) is 24.4. The first-order chi connectivity index (χ1) is 36.2. The maximum atomic E-state index is 14.3. The summed E-state index contributed by atoms with van der Waals surface area (Å²) in [5, 5.41) is 47.8. The smallest absolute Gasteiger partial charge is 0.326 e. The van der Waals surface area contributed by atoms with Crippen molar-refractivity contribution in [2.75, 3.05) is 0 Å². The van der Waals surface area contributed by atoms with E-state index in [9.17, 15) is 72.9 Å². The van der Waals surface area contributed by atoms with Gasteiger partial charge in [0.25, 0.3) is 0 Å². The van der Waals surface area contributed by atoms with E-state index >= 15 is 0 Å². The fraction of sp³-hybridized carbons (Fsp3) is 0.500. The average Bonchev–Trinajstić information content (AvgIpc) is 4.08. The molecule has 3 aromatic rings. The first-order valence-corrected chi connectivity index (χ1v) is 24.4. The molecule has 3 rings (SSSR count). The minimum Gasteiger partial charge on any atom is -0.481 e. The fourth-order valence-electron chi connectivity index (χ4n) is 7.47. The highest BCUT2D eigenvalue weighted by atomic mass is 16.4. The number of carboxylic acids is 3.